The number of thioether (sulfide) groups is 1. The second kappa shape index (κ2) is 15.3. The predicted molar refractivity (Wildman–Crippen MR) is 186 cm³/mol. The fourth-order valence-corrected chi connectivity index (χ4v) is 9.07. The number of ether oxygens (including phenoxy) is 1. The molecule has 0 spiro atoms. The van der Waals surface area contributed by atoms with Crippen molar-refractivity contribution in [2.24, 2.45) is 0 Å². The molecule has 1 aromatic heterocycles. The molecule has 3 aromatic rings. The Labute approximate surface area is 279 Å². The smallest absolute Gasteiger partial charge is 0.264 e. The fourth-order valence-electron chi connectivity index (χ4n) is 5.75. The number of fused-ring (bicyclic) bond motifs is 2. The van der Waals surface area contributed by atoms with Crippen LogP contribution in [0.25, 0.3) is 16.3 Å². The van der Waals surface area contributed by atoms with E-state index in [-0.39, 0.29) is 11.5 Å². The van der Waals surface area contributed by atoms with E-state index in [1.54, 1.807) is 30.2 Å². The number of methoxy groups -OCH3 is 1. The molecular weight excluding hydrogens is 665 g/mol. The lowest BCUT2D eigenvalue weighted by atomic mass is 9.92. The van der Waals surface area contributed by atoms with Gasteiger partial charge in [-0.25, -0.2) is 0 Å². The van der Waals surface area contributed by atoms with Gasteiger partial charge in [0.1, 0.15) is 10.5 Å². The molecule has 2 heterocycles. The number of hydrogen-bond acceptors (Lipinski definition) is 8. The van der Waals surface area contributed by atoms with Gasteiger partial charge in [0.15, 0.2) is 6.54 Å². The van der Waals surface area contributed by atoms with E-state index in [1.807, 2.05) is 24.3 Å². The highest BCUT2D eigenvalue weighted by Crippen LogP contribution is 2.46. The Morgan fingerprint density at radius 2 is 1.61 bits per heavy atom. The minimum Gasteiger partial charge on any atom is -0.496 e. The summed E-state index contributed by atoms with van der Waals surface area (Å²) in [6, 6.07) is 16.3. The van der Waals surface area contributed by atoms with Gasteiger partial charge in [-0.05, 0) is 80.0 Å². The molecule has 0 bridgehead atoms. The number of unbranched alkanes of at least 4 members (excludes halogenated alkanes) is 2. The molecule has 0 saturated carbocycles. The van der Waals surface area contributed by atoms with Gasteiger partial charge in [0, 0.05) is 30.0 Å². The number of rotatable bonds is 14. The molecule has 1 aliphatic carbocycles. The maximum atomic E-state index is 11.2. The predicted octanol–water partition coefficient (Wildman–Crippen LogP) is 7.00. The van der Waals surface area contributed by atoms with Crippen LogP contribution >= 0.6 is 23.1 Å². The Morgan fingerprint density at radius 1 is 0.891 bits per heavy atom. The van der Waals surface area contributed by atoms with Crippen LogP contribution in [0.1, 0.15) is 50.0 Å². The van der Waals surface area contributed by atoms with Crippen molar-refractivity contribution >= 4 is 65.3 Å². The van der Waals surface area contributed by atoms with Crippen molar-refractivity contribution in [2.45, 2.75) is 56.4 Å². The van der Waals surface area contributed by atoms with Crippen molar-refractivity contribution in [1.29, 1.82) is 0 Å². The SMILES string of the molecule is COC1=C(C=Cc2sc3ccccc3[n+]2CCCCS(=O)(=O)O)CCCC1=CC=C1Sc2ccccc2N1CCCCS(=O)(=O)O. The van der Waals surface area contributed by atoms with Crippen molar-refractivity contribution < 1.29 is 35.2 Å². The summed E-state index contributed by atoms with van der Waals surface area (Å²) in [5.41, 5.74) is 4.40. The Bertz CT molecular complexity index is 1910. The Balaban J connectivity index is 1.38. The van der Waals surface area contributed by atoms with Crippen LogP contribution < -0.4 is 9.47 Å². The summed E-state index contributed by atoms with van der Waals surface area (Å²) in [6.45, 7) is 1.28. The number of aryl methyl sites for hydroxylation is 1. The maximum absolute atomic E-state index is 11.2. The van der Waals surface area contributed by atoms with E-state index >= 15 is 0 Å². The molecule has 46 heavy (non-hydrogen) atoms. The zero-order valence-corrected chi connectivity index (χ0v) is 28.9. The van der Waals surface area contributed by atoms with Crippen LogP contribution in [0.5, 0.6) is 0 Å². The molecule has 0 unspecified atom stereocenters. The number of para-hydroxylation sites is 2. The average molecular weight is 704 g/mol. The molecule has 0 amide bonds. The molecular formula is C33H39N2O7S4+. The van der Waals surface area contributed by atoms with Gasteiger partial charge in [-0.3, -0.25) is 9.11 Å². The number of allylic oxidation sites excluding steroid dienone is 5. The zero-order valence-electron chi connectivity index (χ0n) is 25.7. The largest absolute Gasteiger partial charge is 0.496 e. The first-order chi connectivity index (χ1) is 22.0. The monoisotopic (exact) mass is 703 g/mol. The van der Waals surface area contributed by atoms with E-state index in [9.17, 15) is 16.8 Å². The second-order valence-electron chi connectivity index (χ2n) is 11.2. The maximum Gasteiger partial charge on any atom is 0.264 e. The summed E-state index contributed by atoms with van der Waals surface area (Å²) >= 11 is 3.36. The summed E-state index contributed by atoms with van der Waals surface area (Å²) < 4.78 is 72.3. The van der Waals surface area contributed by atoms with Crippen LogP contribution in [-0.2, 0) is 31.5 Å². The van der Waals surface area contributed by atoms with Gasteiger partial charge in [0.25, 0.3) is 25.2 Å². The molecule has 9 nitrogen and oxygen atoms in total. The minimum atomic E-state index is -3.98. The molecule has 1 aliphatic heterocycles. The Kier molecular flexibility index (Phi) is 11.4. The van der Waals surface area contributed by atoms with Gasteiger partial charge in [-0.1, -0.05) is 53.4 Å². The molecule has 0 radical (unpaired) electrons. The van der Waals surface area contributed by atoms with Crippen LogP contribution in [-0.4, -0.2) is 51.1 Å². The molecule has 2 aromatic carbocycles. The number of thiazole rings is 1. The average Bonchev–Trinajstić information content (AvgIpc) is 3.55. The van der Waals surface area contributed by atoms with Gasteiger partial charge < -0.3 is 9.64 Å². The first kappa shape index (κ1) is 34.4. The van der Waals surface area contributed by atoms with E-state index in [4.69, 9.17) is 13.8 Å². The summed E-state index contributed by atoms with van der Waals surface area (Å²) in [5.74, 6) is 0.374. The third-order valence-electron chi connectivity index (χ3n) is 7.88. The molecule has 0 fully saturated rings. The van der Waals surface area contributed by atoms with Gasteiger partial charge in [-0.15, -0.1) is 0 Å². The lowest BCUT2D eigenvalue weighted by Gasteiger charge is -2.21. The summed E-state index contributed by atoms with van der Waals surface area (Å²) in [6.07, 6.45) is 13.2. The third kappa shape index (κ3) is 9.11. The standard InChI is InChI=1S/C33H38N2O7S4/c1-42-33-25(17-19-31-34(21-6-8-23-45(36,37)38)27-13-2-4-15-29(27)43-31)11-10-12-26(33)18-20-32-35(22-7-9-24-46(39,40)41)28-14-3-5-16-30(28)44-32/h2-5,13-20H,6-12,21-24H2,1H3,(H-,36,37,38,39,40,41)/p+1. The van der Waals surface area contributed by atoms with E-state index in [0.717, 1.165) is 67.0 Å². The molecule has 246 valence electrons. The third-order valence-corrected chi connectivity index (χ3v) is 11.7. The van der Waals surface area contributed by atoms with Crippen LogP contribution in [0.2, 0.25) is 0 Å². The topological polar surface area (TPSA) is 125 Å². The van der Waals surface area contributed by atoms with Crippen molar-refractivity contribution in [3.05, 3.63) is 93.7 Å². The van der Waals surface area contributed by atoms with Gasteiger partial charge >= 0.3 is 0 Å². The second-order valence-corrected chi connectivity index (χ2v) is 16.5. The van der Waals surface area contributed by atoms with Crippen LogP contribution in [0, 0.1) is 0 Å². The Hall–Kier alpha value is -2.94. The lowest BCUT2D eigenvalue weighted by molar-refractivity contribution is -0.669. The first-order valence-corrected chi connectivity index (χ1v) is 20.1. The normalized spacial score (nSPS) is 17.6. The van der Waals surface area contributed by atoms with Crippen LogP contribution in [0.3, 0.4) is 0 Å². The highest BCUT2D eigenvalue weighted by molar-refractivity contribution is 8.03. The number of anilines is 1. The molecule has 0 saturated heterocycles. The Morgan fingerprint density at radius 3 is 2.37 bits per heavy atom. The van der Waals surface area contributed by atoms with Crippen LogP contribution in [0.4, 0.5) is 5.69 Å². The molecule has 13 heteroatoms. The van der Waals surface area contributed by atoms with E-state index in [0.29, 0.717) is 38.8 Å². The van der Waals surface area contributed by atoms with Crippen molar-refractivity contribution in [3.8, 4) is 0 Å². The zero-order chi connectivity index (χ0) is 32.7. The molecule has 0 atom stereocenters. The minimum absolute atomic E-state index is 0.243. The highest BCUT2D eigenvalue weighted by Gasteiger charge is 2.25. The van der Waals surface area contributed by atoms with Gasteiger partial charge in [-0.2, -0.15) is 21.4 Å². The van der Waals surface area contributed by atoms with Crippen molar-refractivity contribution in [2.75, 3.05) is 30.1 Å². The van der Waals surface area contributed by atoms with Gasteiger partial charge in [0.05, 0.1) is 29.3 Å². The van der Waals surface area contributed by atoms with E-state index < -0.39 is 20.2 Å². The lowest BCUT2D eigenvalue weighted by Crippen LogP contribution is -2.35. The quantitative estimate of drug-likeness (QED) is 0.104. The highest BCUT2D eigenvalue weighted by atomic mass is 32.2. The summed E-state index contributed by atoms with van der Waals surface area (Å²) in [7, 11) is -6.25. The van der Waals surface area contributed by atoms with Gasteiger partial charge in [0.2, 0.25) is 5.52 Å². The summed E-state index contributed by atoms with van der Waals surface area (Å²) in [4.78, 5) is 3.35. The van der Waals surface area contributed by atoms with E-state index in [2.05, 4.69) is 58.0 Å². The number of hydrogen-bond donors (Lipinski definition) is 2. The summed E-state index contributed by atoms with van der Waals surface area (Å²) in [5, 5.41) is 2.11. The van der Waals surface area contributed by atoms with Crippen LogP contribution in [0.15, 0.2) is 93.6 Å². The number of nitrogens with zero attached hydrogens (tertiary/aromatic N) is 2. The number of aromatic nitrogens is 1. The first-order valence-electron chi connectivity index (χ1n) is 15.2. The van der Waals surface area contributed by atoms with E-state index in [1.165, 1.54) is 0 Å². The molecule has 5 rings (SSSR count). The number of benzene rings is 2. The van der Waals surface area contributed by atoms with Crippen molar-refractivity contribution in [3.63, 3.8) is 0 Å². The molecule has 2 N–H and O–H groups in total. The molecule has 2 aliphatic rings. The van der Waals surface area contributed by atoms with Crippen molar-refractivity contribution in [1.82, 2.24) is 0 Å². The fraction of sp³-hybridized carbons (Fsp3) is 0.364.